The molecule has 0 radical (unpaired) electrons. The standard InChI is InChI=1S/C16H17N3O2/c1-10-7-8-13(18-12(3)20)9-15(10)19-16(21)14-6-4-5-11(2)17-14/h4-9H,1-3H3,(H,18,20)(H,19,21). The molecule has 108 valence electrons. The molecule has 2 rings (SSSR count). The fourth-order valence-electron chi connectivity index (χ4n) is 1.89. The number of anilines is 2. The molecule has 2 aromatic rings. The molecular weight excluding hydrogens is 266 g/mol. The summed E-state index contributed by atoms with van der Waals surface area (Å²) in [4.78, 5) is 27.5. The lowest BCUT2D eigenvalue weighted by molar-refractivity contribution is -0.114. The minimum Gasteiger partial charge on any atom is -0.326 e. The molecule has 21 heavy (non-hydrogen) atoms. The lowest BCUT2D eigenvalue weighted by atomic mass is 10.1. The van der Waals surface area contributed by atoms with Crippen molar-refractivity contribution in [1.82, 2.24) is 4.98 Å². The maximum Gasteiger partial charge on any atom is 0.274 e. The summed E-state index contributed by atoms with van der Waals surface area (Å²) in [5, 5.41) is 5.50. The van der Waals surface area contributed by atoms with Crippen LogP contribution >= 0.6 is 0 Å². The van der Waals surface area contributed by atoms with Crippen molar-refractivity contribution in [2.45, 2.75) is 20.8 Å². The Balaban J connectivity index is 2.22. The van der Waals surface area contributed by atoms with Gasteiger partial charge in [-0.2, -0.15) is 0 Å². The third-order valence-electron chi connectivity index (χ3n) is 2.93. The molecule has 0 atom stereocenters. The van der Waals surface area contributed by atoms with Gasteiger partial charge in [0.25, 0.3) is 5.91 Å². The Hall–Kier alpha value is -2.69. The van der Waals surface area contributed by atoms with E-state index in [0.717, 1.165) is 11.3 Å². The smallest absolute Gasteiger partial charge is 0.274 e. The molecule has 2 amide bonds. The molecule has 2 N–H and O–H groups in total. The first-order valence-corrected chi connectivity index (χ1v) is 6.59. The predicted octanol–water partition coefficient (Wildman–Crippen LogP) is 2.91. The first kappa shape index (κ1) is 14.7. The summed E-state index contributed by atoms with van der Waals surface area (Å²) in [6, 6.07) is 10.6. The predicted molar refractivity (Wildman–Crippen MR) is 82.4 cm³/mol. The van der Waals surface area contributed by atoms with Gasteiger partial charge < -0.3 is 10.6 Å². The van der Waals surface area contributed by atoms with E-state index in [2.05, 4.69) is 15.6 Å². The lowest BCUT2D eigenvalue weighted by Crippen LogP contribution is -2.15. The van der Waals surface area contributed by atoms with Crippen LogP contribution in [0.3, 0.4) is 0 Å². The number of pyridine rings is 1. The quantitative estimate of drug-likeness (QED) is 0.909. The number of amides is 2. The summed E-state index contributed by atoms with van der Waals surface area (Å²) in [5.74, 6) is -0.432. The first-order chi connectivity index (χ1) is 9.95. The topological polar surface area (TPSA) is 71.1 Å². The molecule has 0 aliphatic carbocycles. The zero-order valence-corrected chi connectivity index (χ0v) is 12.2. The van der Waals surface area contributed by atoms with E-state index in [1.54, 1.807) is 24.3 Å². The zero-order valence-electron chi connectivity index (χ0n) is 12.2. The van der Waals surface area contributed by atoms with Gasteiger partial charge in [0.15, 0.2) is 0 Å². The van der Waals surface area contributed by atoms with Gasteiger partial charge in [-0.3, -0.25) is 9.59 Å². The van der Waals surface area contributed by atoms with Gasteiger partial charge >= 0.3 is 0 Å². The van der Waals surface area contributed by atoms with Crippen LogP contribution in [0.4, 0.5) is 11.4 Å². The molecule has 0 spiro atoms. The molecule has 1 heterocycles. The zero-order chi connectivity index (χ0) is 15.4. The molecule has 0 saturated carbocycles. The number of hydrogen-bond donors (Lipinski definition) is 2. The third-order valence-corrected chi connectivity index (χ3v) is 2.93. The molecule has 0 bridgehead atoms. The molecule has 0 fully saturated rings. The van der Waals surface area contributed by atoms with E-state index in [1.807, 2.05) is 26.0 Å². The minimum atomic E-state index is -0.276. The highest BCUT2D eigenvalue weighted by Gasteiger charge is 2.10. The summed E-state index contributed by atoms with van der Waals surface area (Å²) in [6.45, 7) is 5.16. The number of rotatable bonds is 3. The second-order valence-electron chi connectivity index (χ2n) is 4.83. The van der Waals surface area contributed by atoms with E-state index in [0.29, 0.717) is 17.1 Å². The summed E-state index contributed by atoms with van der Waals surface area (Å²) >= 11 is 0. The molecule has 0 saturated heterocycles. The molecule has 1 aromatic carbocycles. The second kappa shape index (κ2) is 6.17. The number of nitrogens with one attached hydrogen (secondary N) is 2. The number of carbonyl (C=O) groups is 2. The van der Waals surface area contributed by atoms with E-state index >= 15 is 0 Å². The lowest BCUT2D eigenvalue weighted by Gasteiger charge is -2.11. The van der Waals surface area contributed by atoms with E-state index < -0.39 is 0 Å². The molecule has 0 aliphatic rings. The van der Waals surface area contributed by atoms with Crippen molar-refractivity contribution < 1.29 is 9.59 Å². The Bertz CT molecular complexity index is 696. The highest BCUT2D eigenvalue weighted by Crippen LogP contribution is 2.21. The summed E-state index contributed by atoms with van der Waals surface area (Å²) in [7, 11) is 0. The van der Waals surface area contributed by atoms with Crippen molar-refractivity contribution in [3.05, 3.63) is 53.3 Å². The average molecular weight is 283 g/mol. The first-order valence-electron chi connectivity index (χ1n) is 6.59. The Morgan fingerprint density at radius 1 is 1.05 bits per heavy atom. The maximum atomic E-state index is 12.2. The van der Waals surface area contributed by atoms with E-state index in [-0.39, 0.29) is 11.8 Å². The van der Waals surface area contributed by atoms with Crippen LogP contribution in [0, 0.1) is 13.8 Å². The van der Waals surface area contributed by atoms with E-state index in [4.69, 9.17) is 0 Å². The number of aromatic nitrogens is 1. The fourth-order valence-corrected chi connectivity index (χ4v) is 1.89. The van der Waals surface area contributed by atoms with Crippen molar-refractivity contribution in [2.75, 3.05) is 10.6 Å². The third kappa shape index (κ3) is 3.89. The van der Waals surface area contributed by atoms with Crippen LogP contribution in [0.1, 0.15) is 28.7 Å². The van der Waals surface area contributed by atoms with Gasteiger partial charge in [-0.05, 0) is 43.7 Å². The maximum absolute atomic E-state index is 12.2. The van der Waals surface area contributed by atoms with Crippen LogP contribution in [0.15, 0.2) is 36.4 Å². The van der Waals surface area contributed by atoms with Gasteiger partial charge in [0.1, 0.15) is 5.69 Å². The summed E-state index contributed by atoms with van der Waals surface area (Å²) in [5.41, 5.74) is 3.34. The fraction of sp³-hybridized carbons (Fsp3) is 0.188. The Kier molecular flexibility index (Phi) is 4.33. The molecule has 0 aliphatic heterocycles. The molecule has 5 nitrogen and oxygen atoms in total. The Labute approximate surface area is 123 Å². The van der Waals surface area contributed by atoms with Crippen LogP contribution < -0.4 is 10.6 Å². The van der Waals surface area contributed by atoms with Crippen molar-refractivity contribution in [2.24, 2.45) is 0 Å². The summed E-state index contributed by atoms with van der Waals surface area (Å²) < 4.78 is 0. The molecule has 5 heteroatoms. The van der Waals surface area contributed by atoms with Crippen molar-refractivity contribution >= 4 is 23.2 Å². The van der Waals surface area contributed by atoms with Gasteiger partial charge in [0, 0.05) is 24.0 Å². The van der Waals surface area contributed by atoms with Gasteiger partial charge in [0.05, 0.1) is 0 Å². The van der Waals surface area contributed by atoms with Crippen molar-refractivity contribution in [3.63, 3.8) is 0 Å². The highest BCUT2D eigenvalue weighted by atomic mass is 16.2. The number of carbonyl (C=O) groups excluding carboxylic acids is 2. The Morgan fingerprint density at radius 2 is 1.81 bits per heavy atom. The van der Waals surface area contributed by atoms with Gasteiger partial charge in [0.2, 0.25) is 5.91 Å². The number of aryl methyl sites for hydroxylation is 2. The van der Waals surface area contributed by atoms with Crippen LogP contribution in [-0.4, -0.2) is 16.8 Å². The molecule has 1 aromatic heterocycles. The van der Waals surface area contributed by atoms with Gasteiger partial charge in [-0.1, -0.05) is 12.1 Å². The van der Waals surface area contributed by atoms with Gasteiger partial charge in [-0.25, -0.2) is 4.98 Å². The summed E-state index contributed by atoms with van der Waals surface area (Å²) in [6.07, 6.45) is 0. The van der Waals surface area contributed by atoms with E-state index in [1.165, 1.54) is 6.92 Å². The van der Waals surface area contributed by atoms with Crippen LogP contribution in [0.5, 0.6) is 0 Å². The van der Waals surface area contributed by atoms with Crippen LogP contribution in [0.25, 0.3) is 0 Å². The highest BCUT2D eigenvalue weighted by molar-refractivity contribution is 6.03. The van der Waals surface area contributed by atoms with Crippen LogP contribution in [-0.2, 0) is 4.79 Å². The minimum absolute atomic E-state index is 0.156. The molecular formula is C16H17N3O2. The number of benzene rings is 1. The van der Waals surface area contributed by atoms with E-state index in [9.17, 15) is 9.59 Å². The van der Waals surface area contributed by atoms with Crippen molar-refractivity contribution in [1.29, 1.82) is 0 Å². The normalized spacial score (nSPS) is 10.0. The number of nitrogens with zero attached hydrogens (tertiary/aromatic N) is 1. The second-order valence-corrected chi connectivity index (χ2v) is 4.83. The van der Waals surface area contributed by atoms with Crippen LogP contribution in [0.2, 0.25) is 0 Å². The Morgan fingerprint density at radius 3 is 2.48 bits per heavy atom. The van der Waals surface area contributed by atoms with Crippen molar-refractivity contribution in [3.8, 4) is 0 Å². The SMILES string of the molecule is CC(=O)Nc1ccc(C)c(NC(=O)c2cccc(C)n2)c1. The van der Waals surface area contributed by atoms with Gasteiger partial charge in [-0.15, -0.1) is 0 Å². The average Bonchev–Trinajstić information content (AvgIpc) is 2.42. The largest absolute Gasteiger partial charge is 0.326 e. The number of hydrogen-bond acceptors (Lipinski definition) is 3. The molecule has 0 unspecified atom stereocenters. The monoisotopic (exact) mass is 283 g/mol.